The molecule has 1 rings (SSSR count). The Morgan fingerprint density at radius 2 is 2.12 bits per heavy atom. The molecule has 0 aliphatic carbocycles. The van der Waals surface area contributed by atoms with Crippen molar-refractivity contribution in [2.45, 2.75) is 26.9 Å². The fourth-order valence-corrected chi connectivity index (χ4v) is 1.48. The Kier molecular flexibility index (Phi) is 4.97. The lowest BCUT2D eigenvalue weighted by Crippen LogP contribution is -2.25. The van der Waals surface area contributed by atoms with E-state index >= 15 is 0 Å². The highest BCUT2D eigenvalue weighted by Gasteiger charge is 2.05. The maximum Gasteiger partial charge on any atom is 0.238 e. The van der Waals surface area contributed by atoms with Crippen molar-refractivity contribution >= 4 is 11.6 Å². The fourth-order valence-electron chi connectivity index (χ4n) is 1.48. The lowest BCUT2D eigenvalue weighted by atomic mass is 10.2. The topological polar surface area (TPSA) is 50.4 Å². The number of amides is 1. The summed E-state index contributed by atoms with van der Waals surface area (Å²) in [5.41, 5.74) is 1.81. The second-order valence-electron chi connectivity index (χ2n) is 4.22. The number of likely N-dealkylation sites (N-methyl/N-ethyl adjacent to an activating group) is 1. The van der Waals surface area contributed by atoms with Gasteiger partial charge in [-0.3, -0.25) is 4.79 Å². The maximum absolute atomic E-state index is 11.4. The third kappa shape index (κ3) is 4.44. The van der Waals surface area contributed by atoms with Crippen LogP contribution in [0.2, 0.25) is 0 Å². The number of hydrogen-bond acceptors (Lipinski definition) is 3. The number of nitrogens with one attached hydrogen (secondary N) is 2. The molecular weight excluding hydrogens is 216 g/mol. The highest BCUT2D eigenvalue weighted by molar-refractivity contribution is 5.93. The molecular formula is C13H20N2O2. The number of aryl methyl sites for hydroxylation is 1. The van der Waals surface area contributed by atoms with Gasteiger partial charge in [0.2, 0.25) is 5.91 Å². The van der Waals surface area contributed by atoms with Crippen LogP contribution in [0.25, 0.3) is 0 Å². The minimum Gasteiger partial charge on any atom is -0.491 e. The van der Waals surface area contributed by atoms with Gasteiger partial charge in [0.15, 0.2) is 0 Å². The van der Waals surface area contributed by atoms with Gasteiger partial charge in [-0.15, -0.1) is 0 Å². The van der Waals surface area contributed by atoms with Crippen molar-refractivity contribution in [3.05, 3.63) is 23.8 Å². The van der Waals surface area contributed by atoms with Gasteiger partial charge in [-0.05, 0) is 51.6 Å². The smallest absolute Gasteiger partial charge is 0.238 e. The molecule has 0 radical (unpaired) electrons. The summed E-state index contributed by atoms with van der Waals surface area (Å²) in [5, 5.41) is 5.64. The molecule has 1 amide bonds. The van der Waals surface area contributed by atoms with Crippen molar-refractivity contribution in [2.24, 2.45) is 0 Å². The Morgan fingerprint density at radius 3 is 2.65 bits per heavy atom. The monoisotopic (exact) mass is 236 g/mol. The van der Waals surface area contributed by atoms with Crippen LogP contribution in [-0.2, 0) is 4.79 Å². The molecule has 0 saturated carbocycles. The maximum atomic E-state index is 11.4. The van der Waals surface area contributed by atoms with Crippen molar-refractivity contribution in [3.63, 3.8) is 0 Å². The van der Waals surface area contributed by atoms with Gasteiger partial charge >= 0.3 is 0 Å². The van der Waals surface area contributed by atoms with E-state index in [1.165, 1.54) is 0 Å². The van der Waals surface area contributed by atoms with E-state index in [-0.39, 0.29) is 12.0 Å². The summed E-state index contributed by atoms with van der Waals surface area (Å²) in [6, 6.07) is 5.65. The third-order valence-electron chi connectivity index (χ3n) is 2.18. The largest absolute Gasteiger partial charge is 0.491 e. The zero-order valence-electron chi connectivity index (χ0n) is 10.8. The van der Waals surface area contributed by atoms with Crippen molar-refractivity contribution in [1.29, 1.82) is 0 Å². The first-order chi connectivity index (χ1) is 8.02. The molecule has 0 saturated heterocycles. The number of carbonyl (C=O) groups is 1. The Morgan fingerprint density at radius 1 is 1.41 bits per heavy atom. The summed E-state index contributed by atoms with van der Waals surface area (Å²) in [5.74, 6) is 0.775. The molecule has 0 aliphatic heterocycles. The van der Waals surface area contributed by atoms with Crippen LogP contribution in [-0.4, -0.2) is 25.6 Å². The van der Waals surface area contributed by atoms with Gasteiger partial charge in [-0.2, -0.15) is 0 Å². The molecule has 0 aromatic heterocycles. The summed E-state index contributed by atoms with van der Waals surface area (Å²) < 4.78 is 5.58. The molecule has 4 nitrogen and oxygen atoms in total. The van der Waals surface area contributed by atoms with Crippen LogP contribution in [0, 0.1) is 6.92 Å². The molecule has 0 unspecified atom stereocenters. The standard InChI is InChI=1S/C13H20N2O2/c1-9(2)17-11-5-6-12(10(3)7-11)15-13(16)8-14-4/h5-7,9,14H,8H2,1-4H3,(H,15,16). The van der Waals surface area contributed by atoms with Crippen LogP contribution in [0.5, 0.6) is 5.75 Å². The normalized spacial score (nSPS) is 10.4. The van der Waals surface area contributed by atoms with E-state index in [0.29, 0.717) is 6.54 Å². The van der Waals surface area contributed by atoms with Crippen LogP contribution < -0.4 is 15.4 Å². The van der Waals surface area contributed by atoms with Gasteiger partial charge in [0, 0.05) is 5.69 Å². The van der Waals surface area contributed by atoms with Crippen molar-refractivity contribution in [2.75, 3.05) is 18.9 Å². The first kappa shape index (κ1) is 13.5. The van der Waals surface area contributed by atoms with Gasteiger partial charge in [0.05, 0.1) is 12.6 Å². The molecule has 1 aromatic carbocycles. The zero-order valence-corrected chi connectivity index (χ0v) is 10.8. The number of rotatable bonds is 5. The summed E-state index contributed by atoms with van der Waals surface area (Å²) in [4.78, 5) is 11.4. The van der Waals surface area contributed by atoms with Crippen molar-refractivity contribution < 1.29 is 9.53 Å². The van der Waals surface area contributed by atoms with Crippen LogP contribution in [0.15, 0.2) is 18.2 Å². The van der Waals surface area contributed by atoms with Crippen molar-refractivity contribution in [3.8, 4) is 5.75 Å². The average Bonchev–Trinajstić information content (AvgIpc) is 2.21. The number of anilines is 1. The Balaban J connectivity index is 2.72. The molecule has 0 spiro atoms. The van der Waals surface area contributed by atoms with Crippen LogP contribution in [0.3, 0.4) is 0 Å². The van der Waals surface area contributed by atoms with E-state index in [9.17, 15) is 4.79 Å². The van der Waals surface area contributed by atoms with Gasteiger partial charge in [0.1, 0.15) is 5.75 Å². The molecule has 17 heavy (non-hydrogen) atoms. The molecule has 4 heteroatoms. The second kappa shape index (κ2) is 6.25. The number of benzene rings is 1. The Bertz CT molecular complexity index is 389. The number of carbonyl (C=O) groups excluding carboxylic acids is 1. The molecule has 0 atom stereocenters. The number of hydrogen-bond donors (Lipinski definition) is 2. The summed E-state index contributed by atoms with van der Waals surface area (Å²) in [6.45, 7) is 6.22. The highest BCUT2D eigenvalue weighted by Crippen LogP contribution is 2.22. The van der Waals surface area contributed by atoms with Gasteiger partial charge < -0.3 is 15.4 Å². The van der Waals surface area contributed by atoms with E-state index in [4.69, 9.17) is 4.74 Å². The van der Waals surface area contributed by atoms with E-state index < -0.39 is 0 Å². The second-order valence-corrected chi connectivity index (χ2v) is 4.22. The van der Waals surface area contributed by atoms with Gasteiger partial charge in [-0.25, -0.2) is 0 Å². The molecule has 0 fully saturated rings. The summed E-state index contributed by atoms with van der Waals surface area (Å²) in [7, 11) is 1.74. The average molecular weight is 236 g/mol. The minimum atomic E-state index is -0.0480. The van der Waals surface area contributed by atoms with Crippen molar-refractivity contribution in [1.82, 2.24) is 5.32 Å². The van der Waals surface area contributed by atoms with E-state index in [0.717, 1.165) is 17.0 Å². The van der Waals surface area contributed by atoms with Gasteiger partial charge in [0.25, 0.3) is 0 Å². The molecule has 0 heterocycles. The SMILES string of the molecule is CNCC(=O)Nc1ccc(OC(C)C)cc1C. The van der Waals surface area contributed by atoms with Crippen LogP contribution >= 0.6 is 0 Å². The molecule has 0 bridgehead atoms. The predicted octanol–water partition coefficient (Wildman–Crippen LogP) is 1.94. The molecule has 94 valence electrons. The molecule has 1 aromatic rings. The van der Waals surface area contributed by atoms with E-state index in [2.05, 4.69) is 10.6 Å². The first-order valence-electron chi connectivity index (χ1n) is 5.74. The zero-order chi connectivity index (χ0) is 12.8. The minimum absolute atomic E-state index is 0.0480. The van der Waals surface area contributed by atoms with Gasteiger partial charge in [-0.1, -0.05) is 0 Å². The van der Waals surface area contributed by atoms with E-state index in [1.807, 2.05) is 39.0 Å². The highest BCUT2D eigenvalue weighted by atomic mass is 16.5. The quantitative estimate of drug-likeness (QED) is 0.821. The summed E-state index contributed by atoms with van der Waals surface area (Å²) >= 11 is 0. The summed E-state index contributed by atoms with van der Waals surface area (Å²) in [6.07, 6.45) is 0.152. The Labute approximate surface area is 102 Å². The van der Waals surface area contributed by atoms with Crippen LogP contribution in [0.1, 0.15) is 19.4 Å². The fraction of sp³-hybridized carbons (Fsp3) is 0.462. The predicted molar refractivity (Wildman–Crippen MR) is 69.5 cm³/mol. The van der Waals surface area contributed by atoms with Crippen LogP contribution in [0.4, 0.5) is 5.69 Å². The lowest BCUT2D eigenvalue weighted by molar-refractivity contribution is -0.115. The number of ether oxygens (including phenoxy) is 1. The van der Waals surface area contributed by atoms with E-state index in [1.54, 1.807) is 7.05 Å². The Hall–Kier alpha value is -1.55. The molecule has 0 aliphatic rings. The molecule has 2 N–H and O–H groups in total. The third-order valence-corrected chi connectivity index (χ3v) is 2.18. The first-order valence-corrected chi connectivity index (χ1v) is 5.74. The lowest BCUT2D eigenvalue weighted by Gasteiger charge is -2.13.